The zero-order valence-electron chi connectivity index (χ0n) is 11.9. The van der Waals surface area contributed by atoms with E-state index in [9.17, 15) is 4.79 Å². The van der Waals surface area contributed by atoms with E-state index in [1.807, 2.05) is 24.3 Å². The molecule has 2 atom stereocenters. The molecule has 0 bridgehead atoms. The third-order valence-electron chi connectivity index (χ3n) is 3.68. The smallest absolute Gasteiger partial charge is 0.242 e. The summed E-state index contributed by atoms with van der Waals surface area (Å²) in [6, 6.07) is 12.3. The minimum atomic E-state index is -0.342. The molecule has 7 heteroatoms. The molecular formula is C16H14Cl3N3O. The largest absolute Gasteiger partial charge is 0.325 e. The zero-order chi connectivity index (χ0) is 16.4. The van der Waals surface area contributed by atoms with Crippen LogP contribution in [-0.4, -0.2) is 11.9 Å². The molecule has 2 aromatic carbocycles. The molecule has 0 radical (unpaired) electrons. The van der Waals surface area contributed by atoms with Crippen molar-refractivity contribution in [3.63, 3.8) is 0 Å². The molecule has 4 nitrogen and oxygen atoms in total. The van der Waals surface area contributed by atoms with Crippen molar-refractivity contribution in [2.75, 3.05) is 5.32 Å². The Morgan fingerprint density at radius 3 is 2.43 bits per heavy atom. The number of nitrogens with one attached hydrogen (secondary N) is 3. The van der Waals surface area contributed by atoms with Crippen LogP contribution >= 0.6 is 34.8 Å². The number of carbonyl (C=O) groups is 1. The highest BCUT2D eigenvalue weighted by Crippen LogP contribution is 2.27. The fourth-order valence-electron chi connectivity index (χ4n) is 2.45. The Bertz CT molecular complexity index is 721. The van der Waals surface area contributed by atoms with Crippen molar-refractivity contribution in [1.29, 1.82) is 0 Å². The molecule has 1 aliphatic rings. The number of carbonyl (C=O) groups excluding carboxylic acids is 1. The number of anilines is 1. The van der Waals surface area contributed by atoms with Crippen molar-refractivity contribution in [1.82, 2.24) is 10.9 Å². The fourth-order valence-corrected chi connectivity index (χ4v) is 2.87. The standard InChI is InChI=1S/C16H14Cl3N3O/c17-10-3-1-9(2-4-10)14-8-15(22-21-14)16(23)20-11-5-6-12(18)13(19)7-11/h1-7,14-15,21-22H,8H2,(H,20,23). The number of hydrazine groups is 1. The number of hydrogen-bond acceptors (Lipinski definition) is 3. The van der Waals surface area contributed by atoms with E-state index in [1.165, 1.54) is 0 Å². The molecule has 0 aliphatic carbocycles. The first-order valence-electron chi connectivity index (χ1n) is 7.05. The van der Waals surface area contributed by atoms with Crippen LogP contribution in [0.3, 0.4) is 0 Å². The van der Waals surface area contributed by atoms with Crippen LogP contribution < -0.4 is 16.2 Å². The summed E-state index contributed by atoms with van der Waals surface area (Å²) in [6.07, 6.45) is 0.634. The Labute approximate surface area is 149 Å². The molecule has 0 saturated carbocycles. The predicted molar refractivity (Wildman–Crippen MR) is 94.0 cm³/mol. The molecule has 1 fully saturated rings. The van der Waals surface area contributed by atoms with E-state index < -0.39 is 0 Å². The number of rotatable bonds is 3. The lowest BCUT2D eigenvalue weighted by atomic mass is 10.0. The summed E-state index contributed by atoms with van der Waals surface area (Å²) >= 11 is 17.7. The maximum Gasteiger partial charge on any atom is 0.242 e. The second-order valence-electron chi connectivity index (χ2n) is 5.30. The summed E-state index contributed by atoms with van der Waals surface area (Å²) < 4.78 is 0. The minimum Gasteiger partial charge on any atom is -0.325 e. The maximum absolute atomic E-state index is 12.3. The van der Waals surface area contributed by atoms with E-state index in [0.29, 0.717) is 27.2 Å². The summed E-state index contributed by atoms with van der Waals surface area (Å²) in [5.41, 5.74) is 7.83. The van der Waals surface area contributed by atoms with E-state index in [0.717, 1.165) is 5.56 Å². The van der Waals surface area contributed by atoms with Crippen molar-refractivity contribution >= 4 is 46.4 Å². The number of hydrogen-bond donors (Lipinski definition) is 3. The first kappa shape index (κ1) is 16.6. The summed E-state index contributed by atoms with van der Waals surface area (Å²) in [5.74, 6) is -0.132. The van der Waals surface area contributed by atoms with Gasteiger partial charge in [-0.3, -0.25) is 4.79 Å². The monoisotopic (exact) mass is 369 g/mol. The van der Waals surface area contributed by atoms with Crippen LogP contribution in [-0.2, 0) is 4.79 Å². The molecule has 0 aromatic heterocycles. The van der Waals surface area contributed by atoms with E-state index in [-0.39, 0.29) is 18.0 Å². The number of amides is 1. The first-order valence-corrected chi connectivity index (χ1v) is 8.19. The van der Waals surface area contributed by atoms with Crippen molar-refractivity contribution in [2.45, 2.75) is 18.5 Å². The Kier molecular flexibility index (Phi) is 5.09. The Morgan fingerprint density at radius 2 is 1.74 bits per heavy atom. The molecule has 1 amide bonds. The topological polar surface area (TPSA) is 53.2 Å². The van der Waals surface area contributed by atoms with E-state index in [4.69, 9.17) is 34.8 Å². The minimum absolute atomic E-state index is 0.0526. The quantitative estimate of drug-likeness (QED) is 0.759. The summed E-state index contributed by atoms with van der Waals surface area (Å²) in [7, 11) is 0. The van der Waals surface area contributed by atoms with Crippen LogP contribution in [0.25, 0.3) is 0 Å². The average Bonchev–Trinajstić information content (AvgIpc) is 3.02. The molecule has 23 heavy (non-hydrogen) atoms. The first-order chi connectivity index (χ1) is 11.0. The van der Waals surface area contributed by atoms with Gasteiger partial charge in [-0.15, -0.1) is 0 Å². The van der Waals surface area contributed by atoms with Gasteiger partial charge < -0.3 is 5.32 Å². The second-order valence-corrected chi connectivity index (χ2v) is 6.55. The van der Waals surface area contributed by atoms with Gasteiger partial charge in [-0.05, 0) is 42.3 Å². The second kappa shape index (κ2) is 7.07. The van der Waals surface area contributed by atoms with Gasteiger partial charge in [0.05, 0.1) is 10.0 Å². The van der Waals surface area contributed by atoms with Gasteiger partial charge in [0.1, 0.15) is 6.04 Å². The summed E-state index contributed by atoms with van der Waals surface area (Å²) in [4.78, 5) is 12.3. The molecule has 2 unspecified atom stereocenters. The van der Waals surface area contributed by atoms with Gasteiger partial charge in [0.15, 0.2) is 0 Å². The number of halogens is 3. The third kappa shape index (κ3) is 3.97. The molecule has 2 aromatic rings. The molecule has 0 spiro atoms. The number of benzene rings is 2. The predicted octanol–water partition coefficient (Wildman–Crippen LogP) is 4.19. The van der Waals surface area contributed by atoms with Gasteiger partial charge in [-0.25, -0.2) is 10.9 Å². The molecule has 1 aliphatic heterocycles. The highest BCUT2D eigenvalue weighted by atomic mass is 35.5. The van der Waals surface area contributed by atoms with Crippen LogP contribution in [0.1, 0.15) is 18.0 Å². The zero-order valence-corrected chi connectivity index (χ0v) is 14.2. The fraction of sp³-hybridized carbons (Fsp3) is 0.188. The normalized spacial score (nSPS) is 20.5. The van der Waals surface area contributed by atoms with Gasteiger partial charge in [0, 0.05) is 16.8 Å². The highest BCUT2D eigenvalue weighted by Gasteiger charge is 2.30. The SMILES string of the molecule is O=C(Nc1ccc(Cl)c(Cl)c1)C1CC(c2ccc(Cl)cc2)NN1. The van der Waals surface area contributed by atoms with E-state index >= 15 is 0 Å². The Balaban J connectivity index is 1.63. The van der Waals surface area contributed by atoms with Crippen LogP contribution in [0.15, 0.2) is 42.5 Å². The Morgan fingerprint density at radius 1 is 1.00 bits per heavy atom. The van der Waals surface area contributed by atoms with Crippen LogP contribution in [0.5, 0.6) is 0 Å². The average molecular weight is 371 g/mol. The molecule has 1 saturated heterocycles. The van der Waals surface area contributed by atoms with Crippen LogP contribution in [0.4, 0.5) is 5.69 Å². The molecule has 3 rings (SSSR count). The lowest BCUT2D eigenvalue weighted by Crippen LogP contribution is -2.39. The van der Waals surface area contributed by atoms with Gasteiger partial charge in [-0.2, -0.15) is 0 Å². The molecule has 3 N–H and O–H groups in total. The maximum atomic E-state index is 12.3. The highest BCUT2D eigenvalue weighted by molar-refractivity contribution is 6.42. The van der Waals surface area contributed by atoms with E-state index in [1.54, 1.807) is 18.2 Å². The summed E-state index contributed by atoms with van der Waals surface area (Å²) in [5, 5.41) is 4.37. The van der Waals surface area contributed by atoms with Gasteiger partial charge in [-0.1, -0.05) is 46.9 Å². The van der Waals surface area contributed by atoms with Crippen LogP contribution in [0, 0.1) is 0 Å². The van der Waals surface area contributed by atoms with Crippen LogP contribution in [0.2, 0.25) is 15.1 Å². The molecular weight excluding hydrogens is 357 g/mol. The Hall–Kier alpha value is -1.30. The van der Waals surface area contributed by atoms with Crippen molar-refractivity contribution in [2.24, 2.45) is 0 Å². The van der Waals surface area contributed by atoms with E-state index in [2.05, 4.69) is 16.2 Å². The van der Waals surface area contributed by atoms with Gasteiger partial charge in [0.25, 0.3) is 0 Å². The van der Waals surface area contributed by atoms with Crippen molar-refractivity contribution in [3.05, 3.63) is 63.1 Å². The summed E-state index contributed by atoms with van der Waals surface area (Å²) in [6.45, 7) is 0. The van der Waals surface area contributed by atoms with Gasteiger partial charge in [0.2, 0.25) is 5.91 Å². The third-order valence-corrected chi connectivity index (χ3v) is 4.67. The molecule has 1 heterocycles. The lowest BCUT2D eigenvalue weighted by molar-refractivity contribution is -0.117. The molecule has 120 valence electrons. The van der Waals surface area contributed by atoms with Crippen molar-refractivity contribution < 1.29 is 4.79 Å². The van der Waals surface area contributed by atoms with Gasteiger partial charge >= 0.3 is 0 Å². The van der Waals surface area contributed by atoms with Crippen molar-refractivity contribution in [3.8, 4) is 0 Å². The lowest BCUT2D eigenvalue weighted by Gasteiger charge is -2.11.